The van der Waals surface area contributed by atoms with Crippen LogP contribution in [-0.4, -0.2) is 315 Å². The van der Waals surface area contributed by atoms with Crippen molar-refractivity contribution < 1.29 is 142 Å². The van der Waals surface area contributed by atoms with E-state index in [4.69, 9.17) is 143 Å². The molecule has 0 aliphatic carbocycles. The van der Waals surface area contributed by atoms with Crippen LogP contribution >= 0.6 is 101 Å². The molecule has 3 unspecified atom stereocenters. The van der Waals surface area contributed by atoms with Gasteiger partial charge in [0, 0.05) is 23.6 Å². The quantitative estimate of drug-likeness (QED) is 0.00568. The van der Waals surface area contributed by atoms with Gasteiger partial charge in [-0.25, -0.2) is 98.4 Å². The van der Waals surface area contributed by atoms with Crippen molar-refractivity contribution in [3.63, 3.8) is 0 Å². The second kappa shape index (κ2) is 49.6. The van der Waals surface area contributed by atoms with Crippen molar-refractivity contribution in [1.82, 2.24) is 98.4 Å². The van der Waals surface area contributed by atoms with Gasteiger partial charge in [-0.3, -0.25) is 83.2 Å². The summed E-state index contributed by atoms with van der Waals surface area (Å²) in [4.78, 5) is 117. The van der Waals surface area contributed by atoms with Crippen LogP contribution in [-0.2, 0) is 121 Å². The maximum absolute atomic E-state index is 13.7. The predicted molar refractivity (Wildman–Crippen MR) is 541 cm³/mol. The van der Waals surface area contributed by atoms with Crippen LogP contribution in [0.3, 0.4) is 0 Å². The number of ether oxygens (including phenoxy) is 8. The Bertz CT molecular complexity index is 5840. The first kappa shape index (κ1) is 121. The Morgan fingerprint density at radius 2 is 0.757 bits per heavy atom. The molecular formula is C84H128Cl4N24O30P4S2. The number of aliphatic hydroxyl groups excluding tert-OH is 4. The second-order valence-corrected chi connectivity index (χ2v) is 50.9. The maximum Gasteiger partial charge on any atom is 0.406 e. The first-order valence-electron chi connectivity index (χ1n) is 46.6. The molecule has 148 heavy (non-hydrogen) atoms. The molecule has 14 rings (SSSR count). The third kappa shape index (κ3) is 28.7. The zero-order valence-electron chi connectivity index (χ0n) is 84.6. The number of hydrogen-bond donors (Lipinski definition) is 12. The number of fused-ring (bicyclic) bond motifs is 6. The number of esters is 4. The lowest BCUT2D eigenvalue weighted by Crippen LogP contribution is -2.46. The number of hydrogen-bond acceptors (Lipinski definition) is 48. The van der Waals surface area contributed by atoms with Crippen molar-refractivity contribution in [2.24, 2.45) is 22.7 Å². The van der Waals surface area contributed by atoms with Crippen LogP contribution in [0.4, 0.5) is 23.3 Å². The Morgan fingerprint density at radius 1 is 0.466 bits per heavy atom. The van der Waals surface area contributed by atoms with Gasteiger partial charge in [-0.1, -0.05) is 51.2 Å². The van der Waals surface area contributed by atoms with Crippen molar-refractivity contribution in [3.05, 3.63) is 50.6 Å². The van der Waals surface area contributed by atoms with E-state index in [-0.39, 0.29) is 122 Å². The third-order valence-corrected chi connectivity index (χ3v) is 34.2. The monoisotopic (exact) mass is 2280 g/mol. The summed E-state index contributed by atoms with van der Waals surface area (Å²) in [6, 6.07) is -3.14. The van der Waals surface area contributed by atoms with Gasteiger partial charge < -0.3 is 81.3 Å². The van der Waals surface area contributed by atoms with E-state index < -0.39 is 197 Å². The highest BCUT2D eigenvalue weighted by atomic mass is 35.5. The standard InChI is InChI=1S/2C24H38ClN6O9PS.2C18H26ClN6O6P/c2*1-13(2)39-20(34)14(3)30-41(36,37-7-8-42-22(35)23(4,5)10-32)38-9-15-17(33)24(6,25)21(40-15)31-12-29-16-18(26)27-11-28-19(16)31;2*1-9(2)16(26)28-5-10(3)24-32(27)29-6-11-13(31-32)18(4,19)17(30-11)25-8-23-12-14(20)21-7-22-15(12)25/h2*11-15,17,21,32-33H,7-10H2,1-6H3,(H,30,36)(H2,26,27,28);2*7-11,13,17H,5-6H2,1-4H3,(H,24,27)(H2,20,21,22)/t14?,15-,17-,21-,24-,41?;14-,15-,17-,21-,24-,41?;10-,11-,13-,17-,18-,32+;10-,11-,13-,17-,18-,32-/m1111/s1. The Morgan fingerprint density at radius 3 is 1.03 bits per heavy atom. The highest BCUT2D eigenvalue weighted by molar-refractivity contribution is 8.14. The van der Waals surface area contributed by atoms with Gasteiger partial charge in [-0.15, -0.1) is 46.4 Å². The fourth-order valence-corrected chi connectivity index (χ4v) is 24.8. The molecule has 16 N–H and O–H groups in total. The minimum atomic E-state index is -4.24. The molecule has 64 heteroatoms. The summed E-state index contributed by atoms with van der Waals surface area (Å²) in [6.07, 6.45) is -0.718. The number of nitrogens with one attached hydrogen (secondary N) is 4. The zero-order chi connectivity index (χ0) is 109. The predicted octanol–water partition coefficient (Wildman–Crippen LogP) is 8.04. The van der Waals surface area contributed by atoms with E-state index in [0.29, 0.717) is 44.7 Å². The fraction of sp³-hybridized carbons (Fsp3) is 0.690. The molecule has 54 nitrogen and oxygen atoms in total. The van der Waals surface area contributed by atoms with Crippen molar-refractivity contribution in [2.45, 2.75) is 268 Å². The van der Waals surface area contributed by atoms with Crippen LogP contribution in [0.2, 0.25) is 0 Å². The van der Waals surface area contributed by atoms with E-state index >= 15 is 0 Å². The molecule has 6 saturated heterocycles. The first-order valence-corrected chi connectivity index (χ1v) is 56.2. The number of carbonyl (C=O) groups excluding carboxylic acids is 6. The number of nitrogen functional groups attached to an aromatic ring is 4. The lowest BCUT2D eigenvalue weighted by Gasteiger charge is -2.36. The molecule has 0 bridgehead atoms. The van der Waals surface area contributed by atoms with Crippen LogP contribution in [0, 0.1) is 22.7 Å². The Labute approximate surface area is 879 Å². The number of halogens is 4. The van der Waals surface area contributed by atoms with E-state index in [1.54, 1.807) is 134 Å². The van der Waals surface area contributed by atoms with Crippen molar-refractivity contribution in [1.29, 1.82) is 0 Å². The van der Waals surface area contributed by atoms with Crippen LogP contribution in [0.5, 0.6) is 0 Å². The molecule has 6 aliphatic rings. The molecule has 24 atom stereocenters. The van der Waals surface area contributed by atoms with E-state index in [1.807, 2.05) is 0 Å². The lowest BCUT2D eigenvalue weighted by molar-refractivity contribution is -0.150. The molecule has 8 aromatic rings. The molecule has 6 fully saturated rings. The molecule has 824 valence electrons. The fourth-order valence-electron chi connectivity index (χ4n) is 15.0. The van der Waals surface area contributed by atoms with Gasteiger partial charge in [0.2, 0.25) is 0 Å². The topological polar surface area (TPSA) is 726 Å². The smallest absolute Gasteiger partial charge is 0.406 e. The number of aliphatic hydroxyl groups is 4. The van der Waals surface area contributed by atoms with Gasteiger partial charge >= 0.3 is 54.9 Å². The van der Waals surface area contributed by atoms with Gasteiger partial charge in [0.25, 0.3) is 0 Å². The number of aromatic nitrogens is 16. The number of nitrogens with two attached hydrogens (primary N) is 4. The van der Waals surface area contributed by atoms with Gasteiger partial charge in [0.15, 0.2) is 81.0 Å². The van der Waals surface area contributed by atoms with E-state index in [2.05, 4.69) is 80.2 Å². The number of rotatable bonds is 40. The number of nitrogens with zero attached hydrogens (tertiary/aromatic N) is 16. The minimum Gasteiger partial charge on any atom is -0.464 e. The highest BCUT2D eigenvalue weighted by Crippen LogP contribution is 2.61. The zero-order valence-corrected chi connectivity index (χ0v) is 92.9. The Hall–Kier alpha value is -7.40. The summed E-state index contributed by atoms with van der Waals surface area (Å²) in [5.74, 6) is -1.63. The van der Waals surface area contributed by atoms with Gasteiger partial charge in [0.05, 0.1) is 113 Å². The van der Waals surface area contributed by atoms with E-state index in [1.165, 1.54) is 73.6 Å². The van der Waals surface area contributed by atoms with Crippen LogP contribution in [0.15, 0.2) is 50.6 Å². The van der Waals surface area contributed by atoms with Crippen molar-refractivity contribution in [2.75, 3.05) is 101 Å². The lowest BCUT2D eigenvalue weighted by atomic mass is 9.97. The van der Waals surface area contributed by atoms with E-state index in [0.717, 1.165) is 23.5 Å². The maximum atomic E-state index is 13.7. The number of anilines is 4. The normalized spacial score (nSPS) is 28.6. The van der Waals surface area contributed by atoms with Crippen LogP contribution in [0.25, 0.3) is 44.7 Å². The average molecular weight is 2280 g/mol. The molecule has 8 aromatic heterocycles. The molecule has 0 amide bonds. The highest BCUT2D eigenvalue weighted by Gasteiger charge is 2.63. The van der Waals surface area contributed by atoms with Gasteiger partial charge in [0.1, 0.15) is 141 Å². The summed E-state index contributed by atoms with van der Waals surface area (Å²) >= 11 is 29.0. The van der Waals surface area contributed by atoms with Crippen LogP contribution in [0.1, 0.15) is 163 Å². The minimum absolute atomic E-state index is 0.00396. The molecule has 6 aliphatic heterocycles. The SMILES string of the molecule is CC(C)C(=O)OC[C@@H](C)N[P@@]1(=O)OC[C@H]2O[C@@H](n3cnc4c(N)ncnc43)[C@](C)(Cl)[C@@H]2O1.CC(C)C(=O)OC[C@@H](C)N[P@]1(=O)OC[C@H]2O[C@@H](n3cnc4c(N)ncnc43)[C@](C)(Cl)[C@@H]2O1.CC(C)OC(=O)C(C)NP(=O)(OCCSC(=O)C(C)(C)CO)OC[C@H]1O[C@@H](n2cnc3c(N)ncnc32)[C@](C)(Cl)[C@@H]1O.CC(C)OC(=O)[C@@H](C)NP(=O)(OCCSC(=O)C(C)(C)CO)OC[C@H]1O[C@@H](n2cnc3c(N)ncnc32)[C@](C)(Cl)[C@@H]1O. The summed E-state index contributed by atoms with van der Waals surface area (Å²) in [5, 5.41) is 51.0. The first-order chi connectivity index (χ1) is 69.1. The molecule has 0 saturated carbocycles. The second-order valence-electron chi connectivity index (χ2n) is 38.5. The summed E-state index contributed by atoms with van der Waals surface area (Å²) < 4.78 is 150. The molecular weight excluding hydrogens is 2150 g/mol. The average Bonchev–Trinajstić information content (AvgIpc) is 1.58. The number of thioether (sulfide) groups is 2. The number of imidazole rings is 4. The summed E-state index contributed by atoms with van der Waals surface area (Å²) in [6.45, 7) is 30.9. The Balaban J connectivity index is 0.000000189. The third-order valence-electron chi connectivity index (χ3n) is 23.3. The molecule has 0 aromatic carbocycles. The van der Waals surface area contributed by atoms with Gasteiger partial charge in [-0.05, 0) is 111 Å². The molecule has 0 spiro atoms. The largest absolute Gasteiger partial charge is 0.464 e. The summed E-state index contributed by atoms with van der Waals surface area (Å²) in [7, 11) is -16.0. The van der Waals surface area contributed by atoms with Crippen LogP contribution < -0.4 is 43.3 Å². The van der Waals surface area contributed by atoms with Gasteiger partial charge in [-0.2, -0.15) is 0 Å². The summed E-state index contributed by atoms with van der Waals surface area (Å²) in [5.41, 5.74) is 24.7. The molecule has 14 heterocycles. The number of alkyl halides is 4. The van der Waals surface area contributed by atoms with Crippen molar-refractivity contribution >= 4 is 203 Å². The van der Waals surface area contributed by atoms with E-state index in [9.17, 15) is 67.5 Å². The number of carbonyl (C=O) groups is 6. The Kier molecular flexibility index (Phi) is 40.5. The van der Waals surface area contributed by atoms with Crippen molar-refractivity contribution in [3.8, 4) is 0 Å². The molecule has 0 radical (unpaired) electrons.